The maximum atomic E-state index is 12.4. The molecular weight excluding hydrogens is 342 g/mol. The van der Waals surface area contributed by atoms with Gasteiger partial charge in [-0.2, -0.15) is 0 Å². The van der Waals surface area contributed by atoms with Crippen LogP contribution in [0.4, 0.5) is 5.69 Å². The maximum Gasteiger partial charge on any atom is 0.225 e. The molecule has 0 saturated carbocycles. The van der Waals surface area contributed by atoms with Gasteiger partial charge in [0.05, 0.1) is 12.3 Å². The topological polar surface area (TPSA) is 61.9 Å². The second-order valence-corrected chi connectivity index (χ2v) is 7.88. The van der Waals surface area contributed by atoms with Gasteiger partial charge in [-0.25, -0.2) is 0 Å². The van der Waals surface area contributed by atoms with E-state index in [-0.39, 0.29) is 11.8 Å². The summed E-state index contributed by atoms with van der Waals surface area (Å²) in [5, 5.41) is 2.90. The quantitative estimate of drug-likeness (QED) is 0.745. The first-order valence-corrected chi connectivity index (χ1v) is 9.85. The summed E-state index contributed by atoms with van der Waals surface area (Å²) in [5.74, 6) is 1.09. The Hall–Kier alpha value is -2.24. The fraction of sp³-hybridized carbons (Fsp3) is 0.619. The van der Waals surface area contributed by atoms with E-state index in [0.29, 0.717) is 39.1 Å². The molecule has 1 aromatic carbocycles. The van der Waals surface area contributed by atoms with Crippen molar-refractivity contribution in [2.45, 2.75) is 40.5 Å². The molecule has 1 aromatic rings. The van der Waals surface area contributed by atoms with E-state index in [9.17, 15) is 9.59 Å². The van der Waals surface area contributed by atoms with Crippen LogP contribution in [0.25, 0.3) is 0 Å². The highest BCUT2D eigenvalue weighted by Crippen LogP contribution is 2.28. The molecule has 1 heterocycles. The van der Waals surface area contributed by atoms with Crippen molar-refractivity contribution in [2.24, 2.45) is 5.41 Å². The van der Waals surface area contributed by atoms with Gasteiger partial charge < -0.3 is 19.9 Å². The fourth-order valence-electron chi connectivity index (χ4n) is 3.06. The molecule has 0 radical (unpaired) electrons. The van der Waals surface area contributed by atoms with Crippen LogP contribution >= 0.6 is 0 Å². The summed E-state index contributed by atoms with van der Waals surface area (Å²) in [7, 11) is 0. The van der Waals surface area contributed by atoms with Crippen molar-refractivity contribution in [3.05, 3.63) is 24.3 Å². The van der Waals surface area contributed by atoms with Crippen LogP contribution in [-0.2, 0) is 9.59 Å². The van der Waals surface area contributed by atoms with E-state index in [1.165, 1.54) is 0 Å². The van der Waals surface area contributed by atoms with Gasteiger partial charge in [0.25, 0.3) is 0 Å². The number of para-hydroxylation sites is 2. The van der Waals surface area contributed by atoms with E-state index in [4.69, 9.17) is 4.74 Å². The molecule has 0 bridgehead atoms. The zero-order chi connectivity index (χ0) is 19.9. The third-order valence-corrected chi connectivity index (χ3v) is 4.67. The van der Waals surface area contributed by atoms with Crippen LogP contribution in [0.15, 0.2) is 24.3 Å². The number of amides is 2. The minimum absolute atomic E-state index is 0.0246. The molecule has 0 aliphatic carbocycles. The first-order valence-electron chi connectivity index (χ1n) is 9.85. The van der Waals surface area contributed by atoms with Gasteiger partial charge in [0.1, 0.15) is 5.75 Å². The lowest BCUT2D eigenvalue weighted by Crippen LogP contribution is -2.49. The van der Waals surface area contributed by atoms with E-state index in [0.717, 1.165) is 24.5 Å². The lowest BCUT2D eigenvalue weighted by atomic mass is 9.96. The number of hydrogen-bond acceptors (Lipinski definition) is 4. The van der Waals surface area contributed by atoms with Crippen molar-refractivity contribution in [3.8, 4) is 5.75 Å². The highest BCUT2D eigenvalue weighted by Gasteiger charge is 2.23. The van der Waals surface area contributed by atoms with Gasteiger partial charge in [-0.3, -0.25) is 9.59 Å². The predicted molar refractivity (Wildman–Crippen MR) is 108 cm³/mol. The molecule has 6 nitrogen and oxygen atoms in total. The molecule has 150 valence electrons. The third kappa shape index (κ3) is 6.15. The van der Waals surface area contributed by atoms with Gasteiger partial charge in [0.2, 0.25) is 11.8 Å². The molecule has 1 aliphatic heterocycles. The standard InChI is InChI=1S/C21H33N3O3/c1-5-27-18-10-7-6-9-17(18)23-13-15-24(16-14-23)19(25)11-8-12-22-20(26)21(2,3)4/h6-7,9-10H,5,8,11-16H2,1-4H3,(H,22,26). The number of nitrogens with zero attached hydrogens (tertiary/aromatic N) is 2. The molecular formula is C21H33N3O3. The van der Waals surface area contributed by atoms with Crippen LogP contribution in [0.2, 0.25) is 0 Å². The van der Waals surface area contributed by atoms with Gasteiger partial charge in [0, 0.05) is 44.6 Å². The number of carbonyl (C=O) groups excluding carboxylic acids is 2. The van der Waals surface area contributed by atoms with Crippen LogP contribution in [0, 0.1) is 5.41 Å². The average molecular weight is 376 g/mol. The second-order valence-electron chi connectivity index (χ2n) is 7.88. The van der Waals surface area contributed by atoms with Crippen LogP contribution < -0.4 is 15.0 Å². The summed E-state index contributed by atoms with van der Waals surface area (Å²) in [6.45, 7) is 11.9. The maximum absolute atomic E-state index is 12.4. The first kappa shape index (κ1) is 21.1. The number of carbonyl (C=O) groups is 2. The van der Waals surface area contributed by atoms with E-state index in [1.807, 2.05) is 50.8 Å². The van der Waals surface area contributed by atoms with Gasteiger partial charge in [-0.15, -0.1) is 0 Å². The minimum Gasteiger partial charge on any atom is -0.492 e. The summed E-state index contributed by atoms with van der Waals surface area (Å²) >= 11 is 0. The Balaban J connectivity index is 1.75. The Bertz CT molecular complexity index is 632. The van der Waals surface area contributed by atoms with Crippen LogP contribution in [0.3, 0.4) is 0 Å². The van der Waals surface area contributed by atoms with Crippen molar-refractivity contribution in [1.82, 2.24) is 10.2 Å². The number of hydrogen-bond donors (Lipinski definition) is 1. The summed E-state index contributed by atoms with van der Waals surface area (Å²) < 4.78 is 5.72. The van der Waals surface area contributed by atoms with Crippen molar-refractivity contribution >= 4 is 17.5 Å². The summed E-state index contributed by atoms with van der Waals surface area (Å²) in [5.41, 5.74) is 0.703. The Labute approximate surface area is 162 Å². The van der Waals surface area contributed by atoms with E-state index in [2.05, 4.69) is 16.3 Å². The van der Waals surface area contributed by atoms with Crippen LogP contribution in [0.5, 0.6) is 5.75 Å². The number of benzene rings is 1. The Morgan fingerprint density at radius 1 is 1.11 bits per heavy atom. The lowest BCUT2D eigenvalue weighted by Gasteiger charge is -2.36. The summed E-state index contributed by atoms with van der Waals surface area (Å²) in [6.07, 6.45) is 1.15. The number of nitrogens with one attached hydrogen (secondary N) is 1. The molecule has 2 amide bonds. The summed E-state index contributed by atoms with van der Waals surface area (Å²) in [6, 6.07) is 8.05. The highest BCUT2D eigenvalue weighted by atomic mass is 16.5. The van der Waals surface area contributed by atoms with Crippen molar-refractivity contribution < 1.29 is 14.3 Å². The van der Waals surface area contributed by atoms with Gasteiger partial charge in [0.15, 0.2) is 0 Å². The fourth-order valence-corrected chi connectivity index (χ4v) is 3.06. The number of rotatable bonds is 7. The van der Waals surface area contributed by atoms with E-state index < -0.39 is 5.41 Å². The molecule has 1 aliphatic rings. The van der Waals surface area contributed by atoms with Gasteiger partial charge in [-0.1, -0.05) is 32.9 Å². The molecule has 1 fully saturated rings. The molecule has 0 spiro atoms. The van der Waals surface area contributed by atoms with Gasteiger partial charge in [-0.05, 0) is 25.5 Å². The Kier molecular flexibility index (Phi) is 7.51. The first-order chi connectivity index (χ1) is 12.8. The predicted octanol–water partition coefficient (Wildman–Crippen LogP) is 2.68. The van der Waals surface area contributed by atoms with E-state index in [1.54, 1.807) is 0 Å². The van der Waals surface area contributed by atoms with Gasteiger partial charge >= 0.3 is 0 Å². The molecule has 27 heavy (non-hydrogen) atoms. The number of anilines is 1. The monoisotopic (exact) mass is 375 g/mol. The minimum atomic E-state index is -0.391. The number of ether oxygens (including phenoxy) is 1. The zero-order valence-electron chi connectivity index (χ0n) is 17.1. The van der Waals surface area contributed by atoms with Crippen molar-refractivity contribution in [1.29, 1.82) is 0 Å². The Morgan fingerprint density at radius 3 is 2.41 bits per heavy atom. The molecule has 2 rings (SSSR count). The third-order valence-electron chi connectivity index (χ3n) is 4.67. The average Bonchev–Trinajstić information content (AvgIpc) is 2.65. The van der Waals surface area contributed by atoms with Crippen molar-refractivity contribution in [2.75, 3.05) is 44.2 Å². The number of piperazine rings is 1. The molecule has 1 N–H and O–H groups in total. The zero-order valence-corrected chi connectivity index (χ0v) is 17.1. The molecule has 0 unspecified atom stereocenters. The summed E-state index contributed by atoms with van der Waals surface area (Å²) in [4.78, 5) is 28.5. The van der Waals surface area contributed by atoms with Crippen molar-refractivity contribution in [3.63, 3.8) is 0 Å². The van der Waals surface area contributed by atoms with Crippen LogP contribution in [0.1, 0.15) is 40.5 Å². The normalized spacial score (nSPS) is 14.8. The highest BCUT2D eigenvalue weighted by molar-refractivity contribution is 5.81. The van der Waals surface area contributed by atoms with Crippen LogP contribution in [-0.4, -0.2) is 56.0 Å². The smallest absolute Gasteiger partial charge is 0.225 e. The molecule has 0 aromatic heterocycles. The molecule has 6 heteroatoms. The van der Waals surface area contributed by atoms with E-state index >= 15 is 0 Å². The molecule has 0 atom stereocenters. The second kappa shape index (κ2) is 9.62. The Morgan fingerprint density at radius 2 is 1.78 bits per heavy atom. The SMILES string of the molecule is CCOc1ccccc1N1CCN(C(=O)CCCNC(=O)C(C)(C)C)CC1. The largest absolute Gasteiger partial charge is 0.492 e. The lowest BCUT2D eigenvalue weighted by molar-refractivity contribution is -0.132. The molecule has 1 saturated heterocycles.